The van der Waals surface area contributed by atoms with E-state index in [1.54, 1.807) is 6.07 Å². The van der Waals surface area contributed by atoms with E-state index in [9.17, 15) is 4.57 Å². The van der Waals surface area contributed by atoms with Crippen molar-refractivity contribution in [2.45, 2.75) is 6.42 Å². The molecule has 8 heteroatoms. The molecule has 0 aromatic rings. The molecular formula is C3H4Cl2NO4P. The van der Waals surface area contributed by atoms with E-state index < -0.39 is 7.82 Å². The van der Waals surface area contributed by atoms with Crippen LogP contribution in [0.25, 0.3) is 0 Å². The Morgan fingerprint density at radius 2 is 2.00 bits per heavy atom. The third-order valence-corrected chi connectivity index (χ3v) is 2.48. The molecule has 0 aromatic heterocycles. The zero-order chi connectivity index (χ0) is 8.74. The Morgan fingerprint density at radius 3 is 2.36 bits per heavy atom. The third kappa shape index (κ3) is 4.59. The molecule has 0 saturated heterocycles. The Morgan fingerprint density at radius 1 is 1.45 bits per heavy atom. The predicted molar refractivity (Wildman–Crippen MR) is 37.7 cm³/mol. The highest BCUT2D eigenvalue weighted by Gasteiger charge is 2.26. The lowest BCUT2D eigenvalue weighted by Crippen LogP contribution is -1.91. The van der Waals surface area contributed by atoms with Gasteiger partial charge in [0.15, 0.2) is 0 Å². The second kappa shape index (κ2) is 5.78. The first-order valence-electron chi connectivity index (χ1n) is 2.40. The van der Waals surface area contributed by atoms with Crippen molar-refractivity contribution in [1.29, 1.82) is 5.26 Å². The molecule has 0 bridgehead atoms. The first-order valence-corrected chi connectivity index (χ1v) is 4.48. The van der Waals surface area contributed by atoms with Crippen LogP contribution in [0.2, 0.25) is 0 Å². The van der Waals surface area contributed by atoms with E-state index >= 15 is 0 Å². The van der Waals surface area contributed by atoms with Gasteiger partial charge in [0.25, 0.3) is 0 Å². The maximum atomic E-state index is 10.8. The standard InChI is InChI=1S/C3H4Cl2NO4P/c4-9-11(7,10-5)8-3-1-2-6/h1,3H2. The van der Waals surface area contributed by atoms with Gasteiger partial charge in [0.2, 0.25) is 0 Å². The summed E-state index contributed by atoms with van der Waals surface area (Å²) in [6.45, 7) is -0.118. The molecule has 0 aliphatic carbocycles. The first kappa shape index (κ1) is 11.2. The molecule has 0 radical (unpaired) electrons. The summed E-state index contributed by atoms with van der Waals surface area (Å²) in [4.78, 5) is 0. The van der Waals surface area contributed by atoms with Crippen LogP contribution in [0.3, 0.4) is 0 Å². The topological polar surface area (TPSA) is 68.5 Å². The quantitative estimate of drug-likeness (QED) is 0.525. The molecule has 0 heterocycles. The Hall–Kier alpha value is 0.180. The highest BCUT2D eigenvalue weighted by Crippen LogP contribution is 2.51. The average Bonchev–Trinajstić information content (AvgIpc) is 2.05. The van der Waals surface area contributed by atoms with Gasteiger partial charge < -0.3 is 0 Å². The molecule has 64 valence electrons. The van der Waals surface area contributed by atoms with Crippen LogP contribution in [0.15, 0.2) is 0 Å². The van der Waals surface area contributed by atoms with E-state index in [2.05, 4.69) is 12.7 Å². The molecule has 0 aliphatic heterocycles. The van der Waals surface area contributed by atoms with Crippen LogP contribution in [0, 0.1) is 11.3 Å². The van der Waals surface area contributed by atoms with Crippen LogP contribution in [0.4, 0.5) is 0 Å². The minimum absolute atomic E-state index is 0.0461. The zero-order valence-corrected chi connectivity index (χ0v) is 7.60. The summed E-state index contributed by atoms with van der Waals surface area (Å²) in [5, 5.41) is 8.04. The number of nitrogens with zero attached hydrogens (tertiary/aromatic N) is 1. The van der Waals surface area contributed by atoms with Crippen LogP contribution in [-0.2, 0) is 17.2 Å². The fourth-order valence-corrected chi connectivity index (χ4v) is 1.16. The molecule has 0 aliphatic rings. The van der Waals surface area contributed by atoms with Gasteiger partial charge in [0.05, 0.1) is 42.8 Å². The summed E-state index contributed by atoms with van der Waals surface area (Å²) in [6.07, 6.45) is 0.0461. The van der Waals surface area contributed by atoms with Gasteiger partial charge in [-0.3, -0.25) is 4.52 Å². The van der Waals surface area contributed by atoms with Crippen LogP contribution in [-0.4, -0.2) is 6.61 Å². The highest BCUT2D eigenvalue weighted by atomic mass is 35.5. The Balaban J connectivity index is 3.72. The van der Waals surface area contributed by atoms with Crippen molar-refractivity contribution in [3.05, 3.63) is 0 Å². The van der Waals surface area contributed by atoms with Gasteiger partial charge in [0, 0.05) is 0 Å². The van der Waals surface area contributed by atoms with E-state index in [1.165, 1.54) is 0 Å². The fourth-order valence-electron chi connectivity index (χ4n) is 0.254. The number of hydrogen-bond donors (Lipinski definition) is 0. The monoisotopic (exact) mass is 219 g/mol. The normalized spacial score (nSPS) is 11.0. The number of rotatable bonds is 5. The molecule has 0 fully saturated rings. The lowest BCUT2D eigenvalue weighted by Gasteiger charge is -2.06. The SMILES string of the molecule is N#CCCOP(=O)(OCl)OCl. The predicted octanol–water partition coefficient (Wildman–Crippen LogP) is 2.37. The Labute approximate surface area is 73.7 Å². The van der Waals surface area contributed by atoms with Gasteiger partial charge >= 0.3 is 7.82 Å². The van der Waals surface area contributed by atoms with Gasteiger partial charge in [-0.25, -0.2) is 4.57 Å². The van der Waals surface area contributed by atoms with Crippen molar-refractivity contribution >= 4 is 31.6 Å². The lowest BCUT2D eigenvalue weighted by molar-refractivity contribution is 0.224. The van der Waals surface area contributed by atoms with Crippen LogP contribution in [0.1, 0.15) is 6.42 Å². The van der Waals surface area contributed by atoms with E-state index in [4.69, 9.17) is 29.0 Å². The summed E-state index contributed by atoms with van der Waals surface area (Å²) in [5.41, 5.74) is 0. The molecular weight excluding hydrogens is 216 g/mol. The molecule has 0 aromatic carbocycles. The van der Waals surface area contributed by atoms with E-state index in [-0.39, 0.29) is 13.0 Å². The number of phosphoric acid groups is 1. The molecule has 0 atom stereocenters. The summed E-state index contributed by atoms with van der Waals surface area (Å²) in [6, 6.07) is 1.75. The van der Waals surface area contributed by atoms with Gasteiger partial charge in [-0.15, -0.1) is 0 Å². The summed E-state index contributed by atoms with van der Waals surface area (Å²) in [7, 11) is -3.83. The summed E-state index contributed by atoms with van der Waals surface area (Å²) >= 11 is 9.41. The zero-order valence-electron chi connectivity index (χ0n) is 5.20. The minimum Gasteiger partial charge on any atom is -0.284 e. The highest BCUT2D eigenvalue weighted by molar-refractivity contribution is 7.50. The van der Waals surface area contributed by atoms with Crippen LogP contribution in [0.5, 0.6) is 0 Å². The van der Waals surface area contributed by atoms with Crippen molar-refractivity contribution in [1.82, 2.24) is 0 Å². The Kier molecular flexibility index (Phi) is 5.88. The van der Waals surface area contributed by atoms with E-state index in [0.29, 0.717) is 0 Å². The van der Waals surface area contributed by atoms with Gasteiger partial charge in [-0.2, -0.15) is 13.4 Å². The van der Waals surface area contributed by atoms with Crippen molar-refractivity contribution in [3.8, 4) is 6.07 Å². The molecule has 0 amide bonds. The molecule has 0 saturated carbocycles. The molecule has 0 unspecified atom stereocenters. The minimum atomic E-state index is -3.83. The maximum Gasteiger partial charge on any atom is 0.507 e. The first-order chi connectivity index (χ1) is 5.18. The summed E-state index contributed by atoms with van der Waals surface area (Å²) in [5.74, 6) is 0. The molecule has 0 N–H and O–H groups in total. The van der Waals surface area contributed by atoms with Crippen molar-refractivity contribution in [3.63, 3.8) is 0 Å². The number of hydrogen-bond acceptors (Lipinski definition) is 5. The molecule has 11 heavy (non-hydrogen) atoms. The van der Waals surface area contributed by atoms with E-state index in [0.717, 1.165) is 0 Å². The largest absolute Gasteiger partial charge is 0.507 e. The smallest absolute Gasteiger partial charge is 0.284 e. The maximum absolute atomic E-state index is 10.8. The van der Waals surface area contributed by atoms with Gasteiger partial charge in [0.1, 0.15) is 0 Å². The number of halogens is 2. The lowest BCUT2D eigenvalue weighted by atomic mass is 10.5. The fraction of sp³-hybridized carbons (Fsp3) is 0.667. The van der Waals surface area contributed by atoms with Gasteiger partial charge in [-0.05, 0) is 0 Å². The van der Waals surface area contributed by atoms with Crippen molar-refractivity contribution in [2.24, 2.45) is 0 Å². The molecule has 0 rings (SSSR count). The number of nitriles is 1. The average molecular weight is 220 g/mol. The van der Waals surface area contributed by atoms with Crippen LogP contribution < -0.4 is 0 Å². The van der Waals surface area contributed by atoms with E-state index in [1.807, 2.05) is 0 Å². The van der Waals surface area contributed by atoms with Crippen molar-refractivity contribution in [2.75, 3.05) is 6.61 Å². The second-order valence-electron chi connectivity index (χ2n) is 1.33. The second-order valence-corrected chi connectivity index (χ2v) is 3.58. The van der Waals surface area contributed by atoms with Gasteiger partial charge in [-0.1, -0.05) is 0 Å². The summed E-state index contributed by atoms with van der Waals surface area (Å²) < 4.78 is 22.7. The molecule has 0 spiro atoms. The van der Waals surface area contributed by atoms with Crippen LogP contribution >= 0.6 is 31.6 Å². The third-order valence-electron chi connectivity index (χ3n) is 0.632. The Bertz CT molecular complexity index is 184. The van der Waals surface area contributed by atoms with Crippen molar-refractivity contribution < 1.29 is 17.2 Å². The molecule has 5 nitrogen and oxygen atoms in total.